The summed E-state index contributed by atoms with van der Waals surface area (Å²) in [5.74, 6) is -0.0675. The van der Waals surface area contributed by atoms with E-state index in [4.69, 9.17) is 9.47 Å². The summed E-state index contributed by atoms with van der Waals surface area (Å²) >= 11 is 0. The van der Waals surface area contributed by atoms with Crippen molar-refractivity contribution in [1.29, 1.82) is 0 Å². The lowest BCUT2D eigenvalue weighted by Gasteiger charge is -2.40. The fourth-order valence-electron chi connectivity index (χ4n) is 2.76. The number of likely N-dealkylation sites (tertiary alicyclic amines) is 1. The standard InChI is InChI=1S/C14H27NO3/c1-5-7-13(14(16)18-6-2)15-9-8-12(17-4)10-11(15)3/h11-13H,5-10H2,1-4H3. The number of methoxy groups -OCH3 is 1. The number of nitrogens with zero attached hydrogens (tertiary/aromatic N) is 1. The van der Waals surface area contributed by atoms with Gasteiger partial charge in [0.05, 0.1) is 12.7 Å². The van der Waals surface area contributed by atoms with Gasteiger partial charge in [-0.15, -0.1) is 0 Å². The fraction of sp³-hybridized carbons (Fsp3) is 0.929. The Labute approximate surface area is 111 Å². The van der Waals surface area contributed by atoms with E-state index in [0.717, 1.165) is 32.2 Å². The number of rotatable bonds is 6. The monoisotopic (exact) mass is 257 g/mol. The van der Waals surface area contributed by atoms with E-state index in [-0.39, 0.29) is 12.0 Å². The largest absolute Gasteiger partial charge is 0.465 e. The van der Waals surface area contributed by atoms with E-state index in [2.05, 4.69) is 18.7 Å². The molecular formula is C14H27NO3. The van der Waals surface area contributed by atoms with Crippen molar-refractivity contribution in [2.45, 2.75) is 64.6 Å². The van der Waals surface area contributed by atoms with Gasteiger partial charge in [-0.25, -0.2) is 0 Å². The predicted octanol–water partition coefficient (Wildman–Crippen LogP) is 2.22. The average molecular weight is 257 g/mol. The lowest BCUT2D eigenvalue weighted by Crippen LogP contribution is -2.52. The second-order valence-electron chi connectivity index (χ2n) is 5.03. The topological polar surface area (TPSA) is 38.8 Å². The van der Waals surface area contributed by atoms with E-state index in [1.54, 1.807) is 7.11 Å². The van der Waals surface area contributed by atoms with Crippen molar-refractivity contribution in [3.8, 4) is 0 Å². The number of ether oxygens (including phenoxy) is 2. The number of esters is 1. The maximum absolute atomic E-state index is 12.0. The Balaban J connectivity index is 2.65. The summed E-state index contributed by atoms with van der Waals surface area (Å²) < 4.78 is 10.6. The van der Waals surface area contributed by atoms with E-state index in [1.807, 2.05) is 6.92 Å². The zero-order chi connectivity index (χ0) is 13.5. The van der Waals surface area contributed by atoms with E-state index < -0.39 is 0 Å². The summed E-state index contributed by atoms with van der Waals surface area (Å²) in [6.45, 7) is 7.53. The van der Waals surface area contributed by atoms with E-state index >= 15 is 0 Å². The smallest absolute Gasteiger partial charge is 0.323 e. The summed E-state index contributed by atoms with van der Waals surface area (Å²) in [7, 11) is 1.77. The minimum Gasteiger partial charge on any atom is -0.465 e. The van der Waals surface area contributed by atoms with E-state index in [0.29, 0.717) is 18.8 Å². The highest BCUT2D eigenvalue weighted by molar-refractivity contribution is 5.75. The van der Waals surface area contributed by atoms with Crippen LogP contribution in [-0.2, 0) is 14.3 Å². The lowest BCUT2D eigenvalue weighted by atomic mass is 9.97. The molecule has 106 valence electrons. The van der Waals surface area contributed by atoms with Gasteiger partial charge in [0.2, 0.25) is 0 Å². The lowest BCUT2D eigenvalue weighted by molar-refractivity contribution is -0.152. The number of hydrogen-bond acceptors (Lipinski definition) is 4. The Kier molecular flexibility index (Phi) is 6.65. The molecule has 0 saturated carbocycles. The molecule has 0 bridgehead atoms. The predicted molar refractivity (Wildman–Crippen MR) is 71.5 cm³/mol. The van der Waals surface area contributed by atoms with Crippen LogP contribution in [0.25, 0.3) is 0 Å². The molecule has 3 unspecified atom stereocenters. The number of piperidine rings is 1. The fourth-order valence-corrected chi connectivity index (χ4v) is 2.76. The van der Waals surface area contributed by atoms with Crippen LogP contribution >= 0.6 is 0 Å². The van der Waals surface area contributed by atoms with Gasteiger partial charge in [0.15, 0.2) is 0 Å². The maximum atomic E-state index is 12.0. The van der Waals surface area contributed by atoms with Crippen LogP contribution in [-0.4, -0.2) is 49.3 Å². The van der Waals surface area contributed by atoms with Gasteiger partial charge >= 0.3 is 5.97 Å². The second-order valence-corrected chi connectivity index (χ2v) is 5.03. The highest BCUT2D eigenvalue weighted by atomic mass is 16.5. The third kappa shape index (κ3) is 3.95. The van der Waals surface area contributed by atoms with Crippen LogP contribution in [0.2, 0.25) is 0 Å². The molecular weight excluding hydrogens is 230 g/mol. The highest BCUT2D eigenvalue weighted by Gasteiger charge is 2.34. The van der Waals surface area contributed by atoms with Gasteiger partial charge < -0.3 is 9.47 Å². The Morgan fingerprint density at radius 3 is 2.67 bits per heavy atom. The van der Waals surface area contributed by atoms with E-state index in [9.17, 15) is 4.79 Å². The third-order valence-corrected chi connectivity index (χ3v) is 3.73. The summed E-state index contributed by atoms with van der Waals surface area (Å²) in [6.07, 6.45) is 4.21. The Morgan fingerprint density at radius 1 is 1.44 bits per heavy atom. The van der Waals surface area contributed by atoms with Crippen LogP contribution in [0.3, 0.4) is 0 Å². The van der Waals surface area contributed by atoms with Gasteiger partial charge in [-0.05, 0) is 33.1 Å². The first-order chi connectivity index (χ1) is 8.63. The van der Waals surface area contributed by atoms with Crippen LogP contribution in [0.1, 0.15) is 46.5 Å². The molecule has 4 nitrogen and oxygen atoms in total. The quantitative estimate of drug-likeness (QED) is 0.684. The van der Waals surface area contributed by atoms with Crippen molar-refractivity contribution in [1.82, 2.24) is 4.90 Å². The van der Waals surface area contributed by atoms with Crippen LogP contribution in [0.4, 0.5) is 0 Å². The Morgan fingerprint density at radius 2 is 2.17 bits per heavy atom. The van der Waals surface area contributed by atoms with Gasteiger partial charge in [-0.1, -0.05) is 13.3 Å². The van der Waals surface area contributed by atoms with Gasteiger partial charge in [-0.2, -0.15) is 0 Å². The SMILES string of the molecule is CCCC(C(=O)OCC)N1CCC(OC)CC1C. The molecule has 3 atom stereocenters. The zero-order valence-electron chi connectivity index (χ0n) is 12.1. The normalized spacial score (nSPS) is 26.9. The van der Waals surface area contributed by atoms with Crippen molar-refractivity contribution < 1.29 is 14.3 Å². The molecule has 4 heteroatoms. The molecule has 1 aliphatic heterocycles. The first-order valence-electron chi connectivity index (χ1n) is 7.09. The Bertz CT molecular complexity index is 257. The first-order valence-corrected chi connectivity index (χ1v) is 7.09. The molecule has 1 saturated heterocycles. The number of carbonyl (C=O) groups is 1. The molecule has 1 fully saturated rings. The average Bonchev–Trinajstić information content (AvgIpc) is 2.36. The van der Waals surface area contributed by atoms with Gasteiger partial charge in [0.25, 0.3) is 0 Å². The third-order valence-electron chi connectivity index (χ3n) is 3.73. The van der Waals surface area contributed by atoms with Crippen molar-refractivity contribution in [3.05, 3.63) is 0 Å². The summed E-state index contributed by atoms with van der Waals surface area (Å²) in [6, 6.07) is 0.299. The molecule has 0 aliphatic carbocycles. The van der Waals surface area contributed by atoms with Crippen molar-refractivity contribution in [2.75, 3.05) is 20.3 Å². The zero-order valence-corrected chi connectivity index (χ0v) is 12.1. The van der Waals surface area contributed by atoms with Crippen molar-refractivity contribution in [2.24, 2.45) is 0 Å². The molecule has 0 aromatic carbocycles. The van der Waals surface area contributed by atoms with Gasteiger partial charge in [0, 0.05) is 19.7 Å². The summed E-state index contributed by atoms with van der Waals surface area (Å²) in [5.41, 5.74) is 0. The van der Waals surface area contributed by atoms with Crippen LogP contribution < -0.4 is 0 Å². The molecule has 0 aromatic rings. The summed E-state index contributed by atoms with van der Waals surface area (Å²) in [4.78, 5) is 14.3. The van der Waals surface area contributed by atoms with Gasteiger partial charge in [-0.3, -0.25) is 9.69 Å². The Hall–Kier alpha value is -0.610. The van der Waals surface area contributed by atoms with Crippen molar-refractivity contribution >= 4 is 5.97 Å². The molecule has 1 aliphatic rings. The molecule has 1 rings (SSSR count). The molecule has 0 amide bonds. The summed E-state index contributed by atoms with van der Waals surface area (Å²) in [5, 5.41) is 0. The van der Waals surface area contributed by atoms with Gasteiger partial charge in [0.1, 0.15) is 6.04 Å². The van der Waals surface area contributed by atoms with E-state index in [1.165, 1.54) is 0 Å². The molecule has 18 heavy (non-hydrogen) atoms. The second kappa shape index (κ2) is 7.74. The van der Waals surface area contributed by atoms with Crippen LogP contribution in [0.15, 0.2) is 0 Å². The molecule has 0 aromatic heterocycles. The molecule has 0 N–H and O–H groups in total. The molecule has 1 heterocycles. The maximum Gasteiger partial charge on any atom is 0.323 e. The number of hydrogen-bond donors (Lipinski definition) is 0. The molecule has 0 spiro atoms. The highest BCUT2D eigenvalue weighted by Crippen LogP contribution is 2.24. The minimum absolute atomic E-state index is 0.0675. The van der Waals surface area contributed by atoms with Crippen LogP contribution in [0.5, 0.6) is 0 Å². The van der Waals surface area contributed by atoms with Crippen molar-refractivity contribution in [3.63, 3.8) is 0 Å². The number of carbonyl (C=O) groups excluding carboxylic acids is 1. The minimum atomic E-state index is -0.0808. The van der Waals surface area contributed by atoms with Crippen LogP contribution in [0, 0.1) is 0 Å². The molecule has 0 radical (unpaired) electrons. The first kappa shape index (κ1) is 15.4.